The van der Waals surface area contributed by atoms with Gasteiger partial charge in [0.25, 0.3) is 0 Å². The molecule has 2 atom stereocenters. The largest absolute Gasteiger partial charge is 0.328 e. The van der Waals surface area contributed by atoms with E-state index in [0.717, 1.165) is 19.3 Å². The van der Waals surface area contributed by atoms with Crippen molar-refractivity contribution in [2.45, 2.75) is 31.3 Å². The summed E-state index contributed by atoms with van der Waals surface area (Å²) in [5.74, 6) is 0. The van der Waals surface area contributed by atoms with E-state index in [0.29, 0.717) is 12.1 Å². The van der Waals surface area contributed by atoms with Crippen LogP contribution in [0.5, 0.6) is 0 Å². The molecule has 0 spiro atoms. The summed E-state index contributed by atoms with van der Waals surface area (Å²) in [5, 5.41) is 0. The second-order valence-corrected chi connectivity index (χ2v) is 2.33. The smallest absolute Gasteiger partial charge is 0.00541 e. The summed E-state index contributed by atoms with van der Waals surface area (Å²) in [6.45, 7) is 0. The van der Waals surface area contributed by atoms with Gasteiger partial charge in [0, 0.05) is 12.1 Å². The Balaban J connectivity index is 0. The second-order valence-electron chi connectivity index (χ2n) is 2.33. The molecule has 1 saturated carbocycles. The van der Waals surface area contributed by atoms with Gasteiger partial charge in [-0.3, -0.25) is 0 Å². The molecule has 4 heteroatoms. The lowest BCUT2D eigenvalue weighted by Gasteiger charge is -1.97. The first-order valence-corrected chi connectivity index (χ1v) is 2.80. The van der Waals surface area contributed by atoms with Gasteiger partial charge in [-0.15, -0.1) is 24.8 Å². The van der Waals surface area contributed by atoms with Crippen LogP contribution in [0.1, 0.15) is 19.3 Å². The number of hydrogen-bond acceptors (Lipinski definition) is 2. The van der Waals surface area contributed by atoms with Crippen LogP contribution in [0, 0.1) is 0 Å². The summed E-state index contributed by atoms with van der Waals surface area (Å²) in [5.41, 5.74) is 11.1. The Morgan fingerprint density at radius 3 is 1.33 bits per heavy atom. The van der Waals surface area contributed by atoms with Gasteiger partial charge in [-0.05, 0) is 19.3 Å². The van der Waals surface area contributed by atoms with Gasteiger partial charge in [0.15, 0.2) is 0 Å². The predicted molar refractivity (Wildman–Crippen MR) is 44.3 cm³/mol. The van der Waals surface area contributed by atoms with Gasteiger partial charge < -0.3 is 11.5 Å². The van der Waals surface area contributed by atoms with Crippen LogP contribution in [0.3, 0.4) is 0 Å². The van der Waals surface area contributed by atoms with Crippen molar-refractivity contribution >= 4 is 24.8 Å². The minimum absolute atomic E-state index is 0. The van der Waals surface area contributed by atoms with Crippen LogP contribution in [0.2, 0.25) is 0 Å². The van der Waals surface area contributed by atoms with E-state index in [2.05, 4.69) is 0 Å². The third-order valence-electron chi connectivity index (χ3n) is 1.51. The number of rotatable bonds is 0. The van der Waals surface area contributed by atoms with E-state index in [4.69, 9.17) is 11.5 Å². The molecule has 0 radical (unpaired) electrons. The molecular formula is C5H14Cl2N2. The third kappa shape index (κ3) is 3.98. The first-order chi connectivity index (χ1) is 3.29. The van der Waals surface area contributed by atoms with Gasteiger partial charge in [-0.1, -0.05) is 0 Å². The maximum atomic E-state index is 5.55. The highest BCUT2D eigenvalue weighted by Crippen LogP contribution is 2.13. The Kier molecular flexibility index (Phi) is 7.18. The van der Waals surface area contributed by atoms with Gasteiger partial charge >= 0.3 is 0 Å². The van der Waals surface area contributed by atoms with Crippen molar-refractivity contribution in [3.05, 3.63) is 0 Å². The van der Waals surface area contributed by atoms with Gasteiger partial charge in [-0.2, -0.15) is 0 Å². The number of halogens is 2. The Morgan fingerprint density at radius 1 is 0.889 bits per heavy atom. The predicted octanol–water partition coefficient (Wildman–Crippen LogP) is 0.668. The molecule has 0 heterocycles. The summed E-state index contributed by atoms with van der Waals surface area (Å²) in [7, 11) is 0. The summed E-state index contributed by atoms with van der Waals surface area (Å²) < 4.78 is 0. The molecule has 1 rings (SSSR count). The van der Waals surface area contributed by atoms with E-state index in [9.17, 15) is 0 Å². The normalized spacial score (nSPS) is 32.7. The molecule has 9 heavy (non-hydrogen) atoms. The molecule has 1 fully saturated rings. The zero-order chi connectivity index (χ0) is 5.28. The molecule has 0 aromatic heterocycles. The van der Waals surface area contributed by atoms with Crippen molar-refractivity contribution < 1.29 is 0 Å². The SMILES string of the molecule is Cl.Cl.N[C@@H]1CC[C@H](N)C1. The Morgan fingerprint density at radius 2 is 1.22 bits per heavy atom. The summed E-state index contributed by atoms with van der Waals surface area (Å²) in [6, 6.07) is 0.796. The lowest BCUT2D eigenvalue weighted by Crippen LogP contribution is -2.20. The highest BCUT2D eigenvalue weighted by molar-refractivity contribution is 5.85. The van der Waals surface area contributed by atoms with Crippen LogP contribution in [0.15, 0.2) is 0 Å². The molecule has 0 saturated heterocycles. The van der Waals surface area contributed by atoms with Crippen molar-refractivity contribution in [1.82, 2.24) is 0 Å². The maximum Gasteiger partial charge on any atom is 0.00541 e. The van der Waals surface area contributed by atoms with Crippen LogP contribution in [0.4, 0.5) is 0 Å². The van der Waals surface area contributed by atoms with Gasteiger partial charge in [-0.25, -0.2) is 0 Å². The molecule has 2 nitrogen and oxygen atoms in total. The summed E-state index contributed by atoms with van der Waals surface area (Å²) >= 11 is 0. The van der Waals surface area contributed by atoms with Gasteiger partial charge in [0.2, 0.25) is 0 Å². The van der Waals surface area contributed by atoms with Crippen molar-refractivity contribution in [2.75, 3.05) is 0 Å². The highest BCUT2D eigenvalue weighted by Gasteiger charge is 2.16. The number of hydrogen-bond donors (Lipinski definition) is 2. The van der Waals surface area contributed by atoms with Gasteiger partial charge in [0.1, 0.15) is 0 Å². The van der Waals surface area contributed by atoms with E-state index in [1.807, 2.05) is 0 Å². The quantitative estimate of drug-likeness (QED) is 0.565. The first kappa shape index (κ1) is 12.2. The van der Waals surface area contributed by atoms with Crippen molar-refractivity contribution in [3.8, 4) is 0 Å². The Hall–Kier alpha value is 0.500. The van der Waals surface area contributed by atoms with Crippen molar-refractivity contribution in [2.24, 2.45) is 11.5 Å². The molecule has 1 aliphatic carbocycles. The first-order valence-electron chi connectivity index (χ1n) is 2.80. The van der Waals surface area contributed by atoms with Crippen molar-refractivity contribution in [3.63, 3.8) is 0 Å². The molecule has 0 amide bonds. The summed E-state index contributed by atoms with van der Waals surface area (Å²) in [6.07, 6.45) is 3.28. The van der Waals surface area contributed by atoms with Crippen LogP contribution in [0.25, 0.3) is 0 Å². The van der Waals surface area contributed by atoms with Crippen LogP contribution in [-0.4, -0.2) is 12.1 Å². The summed E-state index contributed by atoms with van der Waals surface area (Å²) in [4.78, 5) is 0. The van der Waals surface area contributed by atoms with E-state index < -0.39 is 0 Å². The zero-order valence-electron chi connectivity index (χ0n) is 5.25. The third-order valence-corrected chi connectivity index (χ3v) is 1.51. The molecule has 0 aromatic rings. The average molecular weight is 173 g/mol. The van der Waals surface area contributed by atoms with Crippen molar-refractivity contribution in [1.29, 1.82) is 0 Å². The minimum Gasteiger partial charge on any atom is -0.328 e. The molecular weight excluding hydrogens is 159 g/mol. The zero-order valence-corrected chi connectivity index (χ0v) is 6.88. The van der Waals surface area contributed by atoms with Crippen LogP contribution < -0.4 is 11.5 Å². The van der Waals surface area contributed by atoms with Crippen LogP contribution in [-0.2, 0) is 0 Å². The van der Waals surface area contributed by atoms with E-state index >= 15 is 0 Å². The molecule has 58 valence electrons. The van der Waals surface area contributed by atoms with Gasteiger partial charge in [0.05, 0.1) is 0 Å². The standard InChI is InChI=1S/C5H12N2.2ClH/c6-4-1-2-5(7)3-4;;/h4-5H,1-3,6-7H2;2*1H/t4-,5+;;. The molecule has 0 aromatic carbocycles. The Bertz CT molecular complexity index is 62.0. The van der Waals surface area contributed by atoms with E-state index in [1.165, 1.54) is 0 Å². The lowest BCUT2D eigenvalue weighted by molar-refractivity contribution is 0.666. The molecule has 1 aliphatic rings. The highest BCUT2D eigenvalue weighted by atomic mass is 35.5. The van der Waals surface area contributed by atoms with E-state index in [1.54, 1.807) is 0 Å². The lowest BCUT2D eigenvalue weighted by atomic mass is 10.2. The minimum atomic E-state index is 0. The molecule has 0 bridgehead atoms. The fraction of sp³-hybridized carbons (Fsp3) is 1.00. The molecule has 0 unspecified atom stereocenters. The van der Waals surface area contributed by atoms with Crippen LogP contribution >= 0.6 is 24.8 Å². The fourth-order valence-corrected chi connectivity index (χ4v) is 1.05. The fourth-order valence-electron chi connectivity index (χ4n) is 1.05. The molecule has 0 aliphatic heterocycles. The van der Waals surface area contributed by atoms with E-state index in [-0.39, 0.29) is 24.8 Å². The second kappa shape index (κ2) is 5.30. The number of nitrogens with two attached hydrogens (primary N) is 2. The topological polar surface area (TPSA) is 52.0 Å². The average Bonchev–Trinajstić information content (AvgIpc) is 1.87. The maximum absolute atomic E-state index is 5.55. The Labute approximate surface area is 68.2 Å². The molecule has 4 N–H and O–H groups in total. The monoisotopic (exact) mass is 172 g/mol.